The number of anilines is 1. The summed E-state index contributed by atoms with van der Waals surface area (Å²) in [6, 6.07) is 2.12. The Hall–Kier alpha value is -2.61. The Morgan fingerprint density at radius 1 is 1.54 bits per heavy atom. The van der Waals surface area contributed by atoms with E-state index in [1.807, 2.05) is 26.1 Å². The standard InChI is InChI=1S/C18H26N6O2/c1-4-26-17-13-5-7-20-16(13)23-18(24-17)22-15(9-19)12(3)21-14-6-8-25-10-11(14)2/h5,7,9,11,14H,4,6,8,10,19H2,1-3H3,(H2,20,22,23,24). The van der Waals surface area contributed by atoms with Crippen LogP contribution in [0.25, 0.3) is 11.0 Å². The molecule has 2 aromatic rings. The molecule has 8 nitrogen and oxygen atoms in total. The zero-order valence-electron chi connectivity index (χ0n) is 15.5. The summed E-state index contributed by atoms with van der Waals surface area (Å²) in [5, 5.41) is 4.01. The first kappa shape index (κ1) is 18.2. The molecule has 3 rings (SSSR count). The lowest BCUT2D eigenvalue weighted by Gasteiger charge is -2.26. The average molecular weight is 358 g/mol. The molecular weight excluding hydrogens is 332 g/mol. The van der Waals surface area contributed by atoms with E-state index in [4.69, 9.17) is 20.2 Å². The monoisotopic (exact) mass is 358 g/mol. The highest BCUT2D eigenvalue weighted by atomic mass is 16.5. The van der Waals surface area contributed by atoms with Gasteiger partial charge < -0.3 is 25.5 Å². The highest BCUT2D eigenvalue weighted by Crippen LogP contribution is 2.24. The molecule has 140 valence electrons. The number of ether oxygens (including phenoxy) is 2. The SMILES string of the molecule is CCOc1nc(NC(=CN)C(C)=NC2CCOCC2C)nc2[nH]ccc12. The van der Waals surface area contributed by atoms with Crippen LogP contribution in [-0.4, -0.2) is 46.5 Å². The first-order valence-electron chi connectivity index (χ1n) is 8.91. The summed E-state index contributed by atoms with van der Waals surface area (Å²) in [4.78, 5) is 16.9. The molecule has 0 radical (unpaired) electrons. The van der Waals surface area contributed by atoms with Gasteiger partial charge in [0, 0.05) is 24.9 Å². The van der Waals surface area contributed by atoms with Crippen LogP contribution in [0.3, 0.4) is 0 Å². The predicted molar refractivity (Wildman–Crippen MR) is 102 cm³/mol. The third-order valence-corrected chi connectivity index (χ3v) is 4.42. The van der Waals surface area contributed by atoms with Gasteiger partial charge in [0.25, 0.3) is 0 Å². The Morgan fingerprint density at radius 2 is 2.38 bits per heavy atom. The van der Waals surface area contributed by atoms with Gasteiger partial charge in [0.15, 0.2) is 0 Å². The minimum atomic E-state index is 0.228. The fraction of sp³-hybridized carbons (Fsp3) is 0.500. The summed E-state index contributed by atoms with van der Waals surface area (Å²) in [5.41, 5.74) is 8.03. The molecule has 8 heteroatoms. The van der Waals surface area contributed by atoms with Gasteiger partial charge in [-0.1, -0.05) is 6.92 Å². The van der Waals surface area contributed by atoms with Crippen molar-refractivity contribution in [2.45, 2.75) is 33.2 Å². The van der Waals surface area contributed by atoms with Crippen LogP contribution in [0.4, 0.5) is 5.95 Å². The van der Waals surface area contributed by atoms with Gasteiger partial charge in [-0.15, -0.1) is 0 Å². The number of aliphatic imine (C=N–C) groups is 1. The average Bonchev–Trinajstić information content (AvgIpc) is 3.10. The molecule has 2 unspecified atom stereocenters. The Bertz CT molecular complexity index is 813. The van der Waals surface area contributed by atoms with E-state index in [0.29, 0.717) is 35.7 Å². The molecule has 0 aliphatic carbocycles. The number of aromatic amines is 1. The molecule has 3 heterocycles. The summed E-state index contributed by atoms with van der Waals surface area (Å²) in [7, 11) is 0. The van der Waals surface area contributed by atoms with Crippen molar-refractivity contribution < 1.29 is 9.47 Å². The van der Waals surface area contributed by atoms with Gasteiger partial charge >= 0.3 is 0 Å². The van der Waals surface area contributed by atoms with E-state index in [1.54, 1.807) is 0 Å². The van der Waals surface area contributed by atoms with Gasteiger partial charge in [0.2, 0.25) is 11.8 Å². The van der Waals surface area contributed by atoms with Crippen molar-refractivity contribution in [1.29, 1.82) is 0 Å². The molecule has 26 heavy (non-hydrogen) atoms. The van der Waals surface area contributed by atoms with Crippen LogP contribution in [0.2, 0.25) is 0 Å². The third kappa shape index (κ3) is 3.96. The van der Waals surface area contributed by atoms with E-state index in [-0.39, 0.29) is 6.04 Å². The van der Waals surface area contributed by atoms with Crippen LogP contribution in [0.1, 0.15) is 27.2 Å². The van der Waals surface area contributed by atoms with Crippen molar-refractivity contribution in [3.63, 3.8) is 0 Å². The fourth-order valence-electron chi connectivity index (χ4n) is 2.97. The van der Waals surface area contributed by atoms with Gasteiger partial charge in [-0.25, -0.2) is 0 Å². The second-order valence-electron chi connectivity index (χ2n) is 6.35. The molecule has 1 saturated heterocycles. The lowest BCUT2D eigenvalue weighted by Crippen LogP contribution is -2.29. The molecule has 1 aliphatic rings. The quantitative estimate of drug-likeness (QED) is 0.684. The molecule has 0 bridgehead atoms. The first-order chi connectivity index (χ1) is 12.6. The lowest BCUT2D eigenvalue weighted by atomic mass is 9.98. The number of nitrogens with one attached hydrogen (secondary N) is 2. The normalized spacial score (nSPS) is 21.8. The number of nitrogens with two attached hydrogens (primary N) is 1. The number of fused-ring (bicyclic) bond motifs is 1. The lowest BCUT2D eigenvalue weighted by molar-refractivity contribution is 0.0497. The second kappa shape index (κ2) is 8.18. The highest BCUT2D eigenvalue weighted by Gasteiger charge is 2.22. The van der Waals surface area contributed by atoms with E-state index >= 15 is 0 Å². The zero-order chi connectivity index (χ0) is 18.5. The molecule has 2 atom stereocenters. The van der Waals surface area contributed by atoms with Crippen LogP contribution < -0.4 is 15.8 Å². The first-order valence-corrected chi connectivity index (χ1v) is 8.91. The number of H-pyrrole nitrogens is 1. The number of hydrogen-bond donors (Lipinski definition) is 3. The summed E-state index contributed by atoms with van der Waals surface area (Å²) >= 11 is 0. The minimum Gasteiger partial charge on any atom is -0.477 e. The molecule has 4 N–H and O–H groups in total. The van der Waals surface area contributed by atoms with E-state index in [1.165, 1.54) is 6.20 Å². The van der Waals surface area contributed by atoms with E-state index in [9.17, 15) is 0 Å². The second-order valence-corrected chi connectivity index (χ2v) is 6.35. The molecule has 2 aromatic heterocycles. The van der Waals surface area contributed by atoms with Crippen molar-refractivity contribution in [3.8, 4) is 5.88 Å². The van der Waals surface area contributed by atoms with Crippen molar-refractivity contribution in [2.24, 2.45) is 16.6 Å². The predicted octanol–water partition coefficient (Wildman–Crippen LogP) is 2.45. The molecule has 0 saturated carbocycles. The summed E-state index contributed by atoms with van der Waals surface area (Å²) in [6.45, 7) is 8.01. The molecular formula is C18H26N6O2. The van der Waals surface area contributed by atoms with Gasteiger partial charge in [0.1, 0.15) is 5.65 Å². The topological polar surface area (TPSA) is 110 Å². The summed E-state index contributed by atoms with van der Waals surface area (Å²) in [5.74, 6) is 1.33. The molecule has 1 aliphatic heterocycles. The van der Waals surface area contributed by atoms with Crippen LogP contribution in [0.15, 0.2) is 29.2 Å². The molecule has 0 spiro atoms. The van der Waals surface area contributed by atoms with Crippen molar-refractivity contribution >= 4 is 22.7 Å². The zero-order valence-corrected chi connectivity index (χ0v) is 15.5. The van der Waals surface area contributed by atoms with Gasteiger partial charge in [-0.3, -0.25) is 4.99 Å². The molecule has 0 aromatic carbocycles. The van der Waals surface area contributed by atoms with Crippen LogP contribution in [0.5, 0.6) is 5.88 Å². The maximum atomic E-state index is 5.83. The summed E-state index contributed by atoms with van der Waals surface area (Å²) in [6.07, 6.45) is 4.21. The molecule has 1 fully saturated rings. The molecule has 0 amide bonds. The van der Waals surface area contributed by atoms with Crippen molar-refractivity contribution in [3.05, 3.63) is 24.2 Å². The van der Waals surface area contributed by atoms with Crippen LogP contribution in [0, 0.1) is 5.92 Å². The van der Waals surface area contributed by atoms with Gasteiger partial charge in [-0.05, 0) is 26.3 Å². The summed E-state index contributed by atoms with van der Waals surface area (Å²) < 4.78 is 11.1. The van der Waals surface area contributed by atoms with Crippen molar-refractivity contribution in [1.82, 2.24) is 15.0 Å². The maximum absolute atomic E-state index is 5.83. The number of aromatic nitrogens is 3. The number of hydrogen-bond acceptors (Lipinski definition) is 7. The van der Waals surface area contributed by atoms with Gasteiger partial charge in [0.05, 0.1) is 36.1 Å². The van der Waals surface area contributed by atoms with E-state index in [0.717, 1.165) is 30.7 Å². The minimum absolute atomic E-state index is 0.228. The smallest absolute Gasteiger partial charge is 0.232 e. The Labute approximate surface area is 152 Å². The number of nitrogens with zero attached hydrogens (tertiary/aromatic N) is 3. The van der Waals surface area contributed by atoms with Crippen LogP contribution in [-0.2, 0) is 4.74 Å². The number of allylic oxidation sites excluding steroid dienone is 1. The fourth-order valence-corrected chi connectivity index (χ4v) is 2.97. The van der Waals surface area contributed by atoms with Crippen LogP contribution >= 0.6 is 0 Å². The Balaban J connectivity index is 1.82. The maximum Gasteiger partial charge on any atom is 0.232 e. The number of rotatable bonds is 6. The third-order valence-electron chi connectivity index (χ3n) is 4.42. The largest absolute Gasteiger partial charge is 0.477 e. The highest BCUT2D eigenvalue weighted by molar-refractivity contribution is 6.00. The van der Waals surface area contributed by atoms with E-state index < -0.39 is 0 Å². The Kier molecular flexibility index (Phi) is 5.72. The Morgan fingerprint density at radius 3 is 3.12 bits per heavy atom. The van der Waals surface area contributed by atoms with E-state index in [2.05, 4.69) is 27.2 Å². The van der Waals surface area contributed by atoms with Gasteiger partial charge in [-0.2, -0.15) is 9.97 Å². The van der Waals surface area contributed by atoms with Crippen molar-refractivity contribution in [2.75, 3.05) is 25.1 Å².